The number of aromatic nitrogens is 2. The van der Waals surface area contributed by atoms with Crippen LogP contribution in [0.15, 0.2) is 59.8 Å². The number of nitrogens with zero attached hydrogens (tertiary/aromatic N) is 2. The minimum absolute atomic E-state index is 0.116. The monoisotopic (exact) mass is 325 g/mol. The molecule has 2 aromatic carbocycles. The van der Waals surface area contributed by atoms with Crippen molar-refractivity contribution in [3.05, 3.63) is 54.7 Å². The van der Waals surface area contributed by atoms with Crippen molar-refractivity contribution in [2.75, 3.05) is 18.2 Å². The maximum Gasteiger partial charge on any atom is 0.234 e. The Balaban J connectivity index is 1.69. The molecule has 0 saturated heterocycles. The van der Waals surface area contributed by atoms with Crippen LogP contribution in [0.25, 0.3) is 10.8 Å². The smallest absolute Gasteiger partial charge is 0.234 e. The fraction of sp³-hybridized carbons (Fsp3) is 0.118. The Morgan fingerprint density at radius 1 is 1.17 bits per heavy atom. The summed E-state index contributed by atoms with van der Waals surface area (Å²) in [6.07, 6.45) is 1.72. The number of thioether (sulfide) groups is 1. The number of methoxy groups -OCH3 is 1. The molecule has 0 fully saturated rings. The minimum Gasteiger partial charge on any atom is -0.495 e. The quantitative estimate of drug-likeness (QED) is 0.729. The second-order valence-electron chi connectivity index (χ2n) is 4.77. The molecular weight excluding hydrogens is 310 g/mol. The van der Waals surface area contributed by atoms with Crippen molar-refractivity contribution in [1.29, 1.82) is 0 Å². The number of amides is 1. The lowest BCUT2D eigenvalue weighted by Crippen LogP contribution is -2.14. The van der Waals surface area contributed by atoms with Crippen molar-refractivity contribution in [3.8, 4) is 5.75 Å². The first-order valence-electron chi connectivity index (χ1n) is 7.04. The molecule has 0 aliphatic heterocycles. The fourth-order valence-electron chi connectivity index (χ4n) is 2.18. The molecule has 23 heavy (non-hydrogen) atoms. The Hall–Kier alpha value is -2.60. The van der Waals surface area contributed by atoms with E-state index in [4.69, 9.17) is 4.74 Å². The molecule has 1 aromatic heterocycles. The third-order valence-corrected chi connectivity index (χ3v) is 4.24. The van der Waals surface area contributed by atoms with Crippen molar-refractivity contribution in [2.24, 2.45) is 0 Å². The van der Waals surface area contributed by atoms with Crippen LogP contribution >= 0.6 is 11.8 Å². The molecule has 1 amide bonds. The van der Waals surface area contributed by atoms with E-state index in [0.717, 1.165) is 15.8 Å². The third-order valence-electron chi connectivity index (χ3n) is 3.26. The van der Waals surface area contributed by atoms with Gasteiger partial charge in [-0.25, -0.2) is 0 Å². The maximum absolute atomic E-state index is 12.2. The van der Waals surface area contributed by atoms with Gasteiger partial charge in [0.15, 0.2) is 0 Å². The number of anilines is 1. The Morgan fingerprint density at radius 3 is 2.83 bits per heavy atom. The number of ether oxygens (including phenoxy) is 1. The number of hydrogen-bond donors (Lipinski definition) is 1. The molecule has 0 unspecified atom stereocenters. The first-order chi connectivity index (χ1) is 11.3. The van der Waals surface area contributed by atoms with E-state index in [-0.39, 0.29) is 11.7 Å². The van der Waals surface area contributed by atoms with Crippen LogP contribution in [0.1, 0.15) is 0 Å². The first kappa shape index (κ1) is 15.3. The number of fused-ring (bicyclic) bond motifs is 1. The molecule has 0 aliphatic rings. The zero-order valence-electron chi connectivity index (χ0n) is 12.5. The Bertz CT molecular complexity index is 833. The predicted molar refractivity (Wildman–Crippen MR) is 91.9 cm³/mol. The summed E-state index contributed by atoms with van der Waals surface area (Å²) in [5.74, 6) is 0.769. The molecule has 3 rings (SSSR count). The van der Waals surface area contributed by atoms with E-state index < -0.39 is 0 Å². The minimum atomic E-state index is -0.116. The molecule has 3 aromatic rings. The van der Waals surface area contributed by atoms with Gasteiger partial charge < -0.3 is 10.1 Å². The van der Waals surface area contributed by atoms with E-state index in [1.165, 1.54) is 11.8 Å². The third kappa shape index (κ3) is 3.60. The highest BCUT2D eigenvalue weighted by Gasteiger charge is 2.10. The Morgan fingerprint density at radius 2 is 1.96 bits per heavy atom. The standard InChI is InChI=1S/C17H15N3O2S/c1-22-15-9-5-4-8-14(15)19-16(21)11-23-17-13-7-3-2-6-12(13)10-18-20-17/h2-10H,11H2,1H3,(H,19,21). The molecular formula is C17H15N3O2S. The molecule has 0 atom stereocenters. The highest BCUT2D eigenvalue weighted by molar-refractivity contribution is 8.00. The summed E-state index contributed by atoms with van der Waals surface area (Å²) in [4.78, 5) is 12.2. The van der Waals surface area contributed by atoms with E-state index in [2.05, 4.69) is 15.5 Å². The first-order valence-corrected chi connectivity index (χ1v) is 8.02. The second kappa shape index (κ2) is 7.11. The van der Waals surface area contributed by atoms with Gasteiger partial charge in [0.05, 0.1) is 24.7 Å². The molecule has 116 valence electrons. The Labute approximate surface area is 138 Å². The molecule has 0 bridgehead atoms. The number of para-hydroxylation sites is 2. The summed E-state index contributed by atoms with van der Waals surface area (Å²) in [5, 5.41) is 13.7. The zero-order valence-corrected chi connectivity index (χ0v) is 13.3. The van der Waals surface area contributed by atoms with Gasteiger partial charge in [-0.3, -0.25) is 4.79 Å². The molecule has 0 aliphatic carbocycles. The van der Waals surface area contributed by atoms with Crippen LogP contribution in [-0.2, 0) is 4.79 Å². The summed E-state index contributed by atoms with van der Waals surface area (Å²) in [6, 6.07) is 15.2. The molecule has 1 N–H and O–H groups in total. The highest BCUT2D eigenvalue weighted by atomic mass is 32.2. The van der Waals surface area contributed by atoms with Gasteiger partial charge in [0.1, 0.15) is 10.8 Å². The lowest BCUT2D eigenvalue weighted by atomic mass is 10.2. The van der Waals surface area contributed by atoms with Crippen LogP contribution in [-0.4, -0.2) is 29.0 Å². The van der Waals surface area contributed by atoms with E-state index >= 15 is 0 Å². The molecule has 5 nitrogen and oxygen atoms in total. The summed E-state index contributed by atoms with van der Waals surface area (Å²) >= 11 is 1.36. The van der Waals surface area contributed by atoms with Crippen LogP contribution in [0, 0.1) is 0 Å². The molecule has 6 heteroatoms. The van der Waals surface area contributed by atoms with Crippen LogP contribution in [0.5, 0.6) is 5.75 Å². The van der Waals surface area contributed by atoms with Crippen LogP contribution in [0.3, 0.4) is 0 Å². The van der Waals surface area contributed by atoms with Gasteiger partial charge in [-0.2, -0.15) is 5.10 Å². The van der Waals surface area contributed by atoms with Gasteiger partial charge in [0.25, 0.3) is 0 Å². The van der Waals surface area contributed by atoms with Crippen molar-refractivity contribution >= 4 is 34.1 Å². The van der Waals surface area contributed by atoms with Crippen LogP contribution in [0.2, 0.25) is 0 Å². The molecule has 1 heterocycles. The summed E-state index contributed by atoms with van der Waals surface area (Å²) in [6.45, 7) is 0. The molecule has 0 radical (unpaired) electrons. The lowest BCUT2D eigenvalue weighted by Gasteiger charge is -2.09. The summed E-state index contributed by atoms with van der Waals surface area (Å²) in [7, 11) is 1.57. The van der Waals surface area contributed by atoms with Crippen molar-refractivity contribution in [2.45, 2.75) is 5.03 Å². The molecule has 0 spiro atoms. The number of benzene rings is 2. The van der Waals surface area contributed by atoms with Crippen molar-refractivity contribution < 1.29 is 9.53 Å². The van der Waals surface area contributed by atoms with E-state index in [1.807, 2.05) is 36.4 Å². The van der Waals surface area contributed by atoms with Gasteiger partial charge in [-0.15, -0.1) is 5.10 Å². The van der Waals surface area contributed by atoms with Gasteiger partial charge in [0.2, 0.25) is 5.91 Å². The number of rotatable bonds is 5. The van der Waals surface area contributed by atoms with E-state index in [1.54, 1.807) is 25.4 Å². The maximum atomic E-state index is 12.2. The van der Waals surface area contributed by atoms with Crippen molar-refractivity contribution in [3.63, 3.8) is 0 Å². The van der Waals surface area contributed by atoms with E-state index in [0.29, 0.717) is 11.4 Å². The normalized spacial score (nSPS) is 10.5. The van der Waals surface area contributed by atoms with Crippen LogP contribution in [0.4, 0.5) is 5.69 Å². The number of nitrogens with one attached hydrogen (secondary N) is 1. The fourth-order valence-corrected chi connectivity index (χ4v) is 2.96. The van der Waals surface area contributed by atoms with Gasteiger partial charge in [-0.05, 0) is 12.1 Å². The van der Waals surface area contributed by atoms with Gasteiger partial charge in [0, 0.05) is 10.8 Å². The largest absolute Gasteiger partial charge is 0.495 e. The van der Waals surface area contributed by atoms with Gasteiger partial charge >= 0.3 is 0 Å². The average Bonchev–Trinajstić information content (AvgIpc) is 2.60. The Kier molecular flexibility index (Phi) is 4.73. The van der Waals surface area contributed by atoms with Crippen LogP contribution < -0.4 is 10.1 Å². The topological polar surface area (TPSA) is 64.1 Å². The zero-order chi connectivity index (χ0) is 16.1. The molecule has 0 saturated carbocycles. The highest BCUT2D eigenvalue weighted by Crippen LogP contribution is 2.26. The number of carbonyl (C=O) groups is 1. The number of carbonyl (C=O) groups excluding carboxylic acids is 1. The number of hydrogen-bond acceptors (Lipinski definition) is 5. The lowest BCUT2D eigenvalue weighted by molar-refractivity contribution is -0.113. The average molecular weight is 325 g/mol. The van der Waals surface area contributed by atoms with Crippen molar-refractivity contribution in [1.82, 2.24) is 10.2 Å². The van der Waals surface area contributed by atoms with Gasteiger partial charge in [-0.1, -0.05) is 48.2 Å². The SMILES string of the molecule is COc1ccccc1NC(=O)CSc1nncc2ccccc12. The summed E-state index contributed by atoms with van der Waals surface area (Å²) in [5.41, 5.74) is 0.657. The van der Waals surface area contributed by atoms with E-state index in [9.17, 15) is 4.79 Å². The predicted octanol–water partition coefficient (Wildman–Crippen LogP) is 3.37. The second-order valence-corrected chi connectivity index (χ2v) is 5.74. The summed E-state index contributed by atoms with van der Waals surface area (Å²) < 4.78 is 5.22.